The number of benzene rings is 1. The van der Waals surface area contributed by atoms with Gasteiger partial charge in [-0.2, -0.15) is 11.8 Å². The molecule has 1 aromatic carbocycles. The standard InChI is InChI=1S/C10H13FN2OS/c1-2-15-6-8-5-7(10(14)13-12)3-4-9(8)11/h3-5H,2,6,12H2,1H3,(H,13,14). The molecule has 0 atom stereocenters. The van der Waals surface area contributed by atoms with E-state index in [0.717, 1.165) is 5.75 Å². The maximum Gasteiger partial charge on any atom is 0.265 e. The summed E-state index contributed by atoms with van der Waals surface area (Å²) in [6.45, 7) is 2.00. The van der Waals surface area contributed by atoms with Gasteiger partial charge in [-0.05, 0) is 29.5 Å². The summed E-state index contributed by atoms with van der Waals surface area (Å²) in [7, 11) is 0. The number of halogens is 1. The number of nitrogens with one attached hydrogen (secondary N) is 1. The highest BCUT2D eigenvalue weighted by molar-refractivity contribution is 7.98. The van der Waals surface area contributed by atoms with Gasteiger partial charge in [-0.3, -0.25) is 10.2 Å². The molecule has 82 valence electrons. The van der Waals surface area contributed by atoms with Crippen LogP contribution in [0.25, 0.3) is 0 Å². The lowest BCUT2D eigenvalue weighted by Gasteiger charge is -2.05. The van der Waals surface area contributed by atoms with Gasteiger partial charge >= 0.3 is 0 Å². The van der Waals surface area contributed by atoms with Crippen molar-refractivity contribution in [2.24, 2.45) is 5.84 Å². The number of carbonyl (C=O) groups excluding carboxylic acids is 1. The van der Waals surface area contributed by atoms with E-state index in [0.29, 0.717) is 16.9 Å². The van der Waals surface area contributed by atoms with E-state index in [1.807, 2.05) is 12.3 Å². The molecule has 1 amide bonds. The zero-order valence-corrected chi connectivity index (χ0v) is 9.23. The molecule has 0 aromatic heterocycles. The maximum absolute atomic E-state index is 13.3. The van der Waals surface area contributed by atoms with Crippen LogP contribution in [0.1, 0.15) is 22.8 Å². The van der Waals surface area contributed by atoms with Crippen molar-refractivity contribution in [3.63, 3.8) is 0 Å². The number of nitrogens with two attached hydrogens (primary N) is 1. The lowest BCUT2D eigenvalue weighted by Crippen LogP contribution is -2.30. The summed E-state index contributed by atoms with van der Waals surface area (Å²) in [4.78, 5) is 11.2. The highest BCUT2D eigenvalue weighted by Crippen LogP contribution is 2.17. The molecule has 0 heterocycles. The van der Waals surface area contributed by atoms with Crippen LogP contribution in [0.2, 0.25) is 0 Å². The molecule has 3 nitrogen and oxygen atoms in total. The van der Waals surface area contributed by atoms with Crippen molar-refractivity contribution in [3.05, 3.63) is 35.1 Å². The minimum atomic E-state index is -0.405. The maximum atomic E-state index is 13.3. The summed E-state index contributed by atoms with van der Waals surface area (Å²) < 4.78 is 13.3. The number of nitrogen functional groups attached to an aromatic ring is 1. The summed E-state index contributed by atoms with van der Waals surface area (Å²) in [5, 5.41) is 0. The molecule has 0 spiro atoms. The molecule has 3 N–H and O–H groups in total. The minimum absolute atomic E-state index is 0.287. The van der Waals surface area contributed by atoms with E-state index >= 15 is 0 Å². The van der Waals surface area contributed by atoms with Crippen molar-refractivity contribution in [2.75, 3.05) is 5.75 Å². The van der Waals surface area contributed by atoms with E-state index in [4.69, 9.17) is 5.84 Å². The van der Waals surface area contributed by atoms with Crippen LogP contribution in [-0.2, 0) is 5.75 Å². The second-order valence-electron chi connectivity index (χ2n) is 2.92. The van der Waals surface area contributed by atoms with Gasteiger partial charge in [0.25, 0.3) is 5.91 Å². The van der Waals surface area contributed by atoms with Gasteiger partial charge in [0, 0.05) is 11.3 Å². The van der Waals surface area contributed by atoms with Gasteiger partial charge in [-0.15, -0.1) is 0 Å². The largest absolute Gasteiger partial charge is 0.290 e. The van der Waals surface area contributed by atoms with Gasteiger partial charge in [0.1, 0.15) is 5.82 Å². The van der Waals surface area contributed by atoms with Gasteiger partial charge < -0.3 is 0 Å². The highest BCUT2D eigenvalue weighted by atomic mass is 32.2. The zero-order valence-electron chi connectivity index (χ0n) is 8.42. The first-order valence-corrected chi connectivity index (χ1v) is 5.71. The number of carbonyl (C=O) groups is 1. The van der Waals surface area contributed by atoms with Crippen molar-refractivity contribution >= 4 is 17.7 Å². The predicted octanol–water partition coefficient (Wildman–Crippen LogP) is 1.68. The molecule has 0 aliphatic heterocycles. The second-order valence-corrected chi connectivity index (χ2v) is 4.19. The molecular formula is C10H13FN2OS. The first kappa shape index (κ1) is 12.0. The van der Waals surface area contributed by atoms with Gasteiger partial charge in [0.2, 0.25) is 0 Å². The number of hydrogen-bond acceptors (Lipinski definition) is 3. The highest BCUT2D eigenvalue weighted by Gasteiger charge is 2.08. The Balaban J connectivity index is 2.89. The van der Waals surface area contributed by atoms with Crippen LogP contribution in [0.4, 0.5) is 4.39 Å². The number of hydrazine groups is 1. The normalized spacial score (nSPS) is 10.1. The fourth-order valence-electron chi connectivity index (χ4n) is 1.12. The first-order chi connectivity index (χ1) is 7.19. The molecule has 0 bridgehead atoms. The Hall–Kier alpha value is -1.07. The van der Waals surface area contributed by atoms with E-state index in [1.54, 1.807) is 11.8 Å². The van der Waals surface area contributed by atoms with Gasteiger partial charge in [0.05, 0.1) is 0 Å². The number of thioether (sulfide) groups is 1. The Bertz CT molecular complexity index is 357. The average Bonchev–Trinajstić information content (AvgIpc) is 2.27. The summed E-state index contributed by atoms with van der Waals surface area (Å²) in [6.07, 6.45) is 0. The summed E-state index contributed by atoms with van der Waals surface area (Å²) in [6, 6.07) is 4.23. The molecule has 1 rings (SSSR count). The van der Waals surface area contributed by atoms with Gasteiger partial charge in [-0.25, -0.2) is 10.2 Å². The number of hydrogen-bond donors (Lipinski definition) is 2. The molecule has 0 unspecified atom stereocenters. The van der Waals surface area contributed by atoms with Crippen molar-refractivity contribution in [3.8, 4) is 0 Å². The third kappa shape index (κ3) is 3.21. The van der Waals surface area contributed by atoms with Crippen LogP contribution in [0.3, 0.4) is 0 Å². The van der Waals surface area contributed by atoms with Crippen LogP contribution in [0, 0.1) is 5.82 Å². The van der Waals surface area contributed by atoms with E-state index in [9.17, 15) is 9.18 Å². The van der Waals surface area contributed by atoms with E-state index in [-0.39, 0.29) is 5.82 Å². The zero-order chi connectivity index (χ0) is 11.3. The molecular weight excluding hydrogens is 215 g/mol. The molecule has 15 heavy (non-hydrogen) atoms. The van der Waals surface area contributed by atoms with Gasteiger partial charge in [0.15, 0.2) is 0 Å². The van der Waals surface area contributed by atoms with Crippen LogP contribution in [0.5, 0.6) is 0 Å². The van der Waals surface area contributed by atoms with Crippen molar-refractivity contribution in [1.29, 1.82) is 0 Å². The summed E-state index contributed by atoms with van der Waals surface area (Å²) >= 11 is 1.60. The van der Waals surface area contributed by atoms with E-state index < -0.39 is 5.91 Å². The molecule has 0 fully saturated rings. The Labute approximate surface area is 92.2 Å². The smallest absolute Gasteiger partial charge is 0.265 e. The second kappa shape index (κ2) is 5.72. The molecule has 0 aliphatic carbocycles. The van der Waals surface area contributed by atoms with Crippen LogP contribution < -0.4 is 11.3 Å². The lowest BCUT2D eigenvalue weighted by molar-refractivity contribution is 0.0953. The SMILES string of the molecule is CCSCc1cc(C(=O)NN)ccc1F. The van der Waals surface area contributed by atoms with E-state index in [2.05, 4.69) is 0 Å². The first-order valence-electron chi connectivity index (χ1n) is 4.56. The Morgan fingerprint density at radius 3 is 2.93 bits per heavy atom. The predicted molar refractivity (Wildman–Crippen MR) is 59.9 cm³/mol. The average molecular weight is 228 g/mol. The monoisotopic (exact) mass is 228 g/mol. The van der Waals surface area contributed by atoms with Crippen LogP contribution in [0.15, 0.2) is 18.2 Å². The fraction of sp³-hybridized carbons (Fsp3) is 0.300. The molecule has 0 saturated heterocycles. The molecule has 0 aliphatic rings. The quantitative estimate of drug-likeness (QED) is 0.468. The van der Waals surface area contributed by atoms with Gasteiger partial charge in [-0.1, -0.05) is 6.92 Å². The topological polar surface area (TPSA) is 55.1 Å². The minimum Gasteiger partial charge on any atom is -0.290 e. The Morgan fingerprint density at radius 2 is 2.33 bits per heavy atom. The number of rotatable bonds is 4. The van der Waals surface area contributed by atoms with Crippen LogP contribution in [-0.4, -0.2) is 11.7 Å². The van der Waals surface area contributed by atoms with Crippen molar-refractivity contribution in [1.82, 2.24) is 5.43 Å². The third-order valence-corrected chi connectivity index (χ3v) is 2.82. The Morgan fingerprint density at radius 1 is 1.60 bits per heavy atom. The Kier molecular flexibility index (Phi) is 4.58. The summed E-state index contributed by atoms with van der Waals surface area (Å²) in [5.74, 6) is 5.77. The van der Waals surface area contributed by atoms with Crippen molar-refractivity contribution in [2.45, 2.75) is 12.7 Å². The molecule has 0 saturated carbocycles. The lowest BCUT2D eigenvalue weighted by atomic mass is 10.1. The fourth-order valence-corrected chi connectivity index (χ4v) is 1.77. The van der Waals surface area contributed by atoms with Crippen molar-refractivity contribution < 1.29 is 9.18 Å². The van der Waals surface area contributed by atoms with E-state index in [1.165, 1.54) is 18.2 Å². The third-order valence-electron chi connectivity index (χ3n) is 1.90. The van der Waals surface area contributed by atoms with Crippen LogP contribution >= 0.6 is 11.8 Å². The molecule has 5 heteroatoms. The molecule has 0 radical (unpaired) electrons. The number of amides is 1. The summed E-state index contributed by atoms with van der Waals surface area (Å²) in [5.41, 5.74) is 2.93. The molecule has 1 aromatic rings.